The molecule has 0 saturated heterocycles. The van der Waals surface area contributed by atoms with Crippen LogP contribution in [0, 0.1) is 6.92 Å². The summed E-state index contributed by atoms with van der Waals surface area (Å²) >= 11 is 1.81. The molecule has 1 unspecified atom stereocenters. The van der Waals surface area contributed by atoms with E-state index in [1.54, 1.807) is 0 Å². The van der Waals surface area contributed by atoms with Gasteiger partial charge in [-0.15, -0.1) is 11.3 Å². The summed E-state index contributed by atoms with van der Waals surface area (Å²) in [4.78, 5) is 1.41. The number of para-hydroxylation sites is 1. The van der Waals surface area contributed by atoms with Crippen molar-refractivity contribution in [3.63, 3.8) is 0 Å². The molecule has 2 nitrogen and oxygen atoms in total. The summed E-state index contributed by atoms with van der Waals surface area (Å²) in [5, 5.41) is 5.62. The minimum atomic E-state index is 0.393. The third kappa shape index (κ3) is 3.59. The lowest BCUT2D eigenvalue weighted by atomic mass is 10.2. The zero-order valence-corrected chi connectivity index (χ0v) is 11.7. The van der Waals surface area contributed by atoms with Crippen molar-refractivity contribution in [2.45, 2.75) is 19.9 Å². The average molecular weight is 261 g/mol. The lowest BCUT2D eigenvalue weighted by molar-refractivity contribution is 0.308. The lowest BCUT2D eigenvalue weighted by Gasteiger charge is -2.14. The zero-order valence-electron chi connectivity index (χ0n) is 10.8. The van der Waals surface area contributed by atoms with Crippen LogP contribution in [-0.2, 0) is 0 Å². The predicted molar refractivity (Wildman–Crippen MR) is 77.4 cm³/mol. The van der Waals surface area contributed by atoms with Crippen LogP contribution in [0.4, 0.5) is 0 Å². The Kier molecular flexibility index (Phi) is 4.79. The number of rotatable bonds is 6. The van der Waals surface area contributed by atoms with Crippen LogP contribution in [0.2, 0.25) is 0 Å². The first kappa shape index (κ1) is 13.1. The van der Waals surface area contributed by atoms with Gasteiger partial charge in [-0.1, -0.05) is 18.2 Å². The maximum absolute atomic E-state index is 5.64. The van der Waals surface area contributed by atoms with E-state index in [1.165, 1.54) is 10.4 Å². The molecule has 1 heterocycles. The van der Waals surface area contributed by atoms with Crippen molar-refractivity contribution in [3.05, 3.63) is 52.2 Å². The Labute approximate surface area is 113 Å². The molecule has 0 aliphatic heterocycles. The second kappa shape index (κ2) is 6.57. The molecule has 2 aromatic rings. The number of aryl methyl sites for hydroxylation is 1. The molecule has 18 heavy (non-hydrogen) atoms. The molecular weight excluding hydrogens is 242 g/mol. The van der Waals surface area contributed by atoms with Gasteiger partial charge in [-0.3, -0.25) is 0 Å². The van der Waals surface area contributed by atoms with E-state index >= 15 is 0 Å². The van der Waals surface area contributed by atoms with Gasteiger partial charge in [0.15, 0.2) is 0 Å². The number of nitrogens with one attached hydrogen (secondary N) is 1. The monoisotopic (exact) mass is 261 g/mol. The Morgan fingerprint density at radius 1 is 1.22 bits per heavy atom. The fraction of sp³-hybridized carbons (Fsp3) is 0.333. The van der Waals surface area contributed by atoms with Gasteiger partial charge in [0.1, 0.15) is 12.4 Å². The van der Waals surface area contributed by atoms with Crippen LogP contribution in [0.1, 0.15) is 23.4 Å². The van der Waals surface area contributed by atoms with Gasteiger partial charge in [0.2, 0.25) is 0 Å². The minimum Gasteiger partial charge on any atom is -0.492 e. The average Bonchev–Trinajstić information content (AvgIpc) is 2.82. The van der Waals surface area contributed by atoms with Crippen LogP contribution in [-0.4, -0.2) is 13.2 Å². The molecule has 0 radical (unpaired) electrons. The number of benzene rings is 1. The summed E-state index contributed by atoms with van der Waals surface area (Å²) in [5.41, 5.74) is 1.36. The van der Waals surface area contributed by atoms with Gasteiger partial charge >= 0.3 is 0 Å². The van der Waals surface area contributed by atoms with Crippen LogP contribution in [0.25, 0.3) is 0 Å². The standard InChI is InChI=1S/C15H19NOS/c1-12-8-11-18-15(12)13(2)16-9-10-17-14-6-4-3-5-7-14/h3-8,11,13,16H,9-10H2,1-2H3. The second-order valence-corrected chi connectivity index (χ2v) is 5.25. The first-order valence-electron chi connectivity index (χ1n) is 6.22. The summed E-state index contributed by atoms with van der Waals surface area (Å²) in [7, 11) is 0. The lowest BCUT2D eigenvalue weighted by Crippen LogP contribution is -2.24. The van der Waals surface area contributed by atoms with Crippen molar-refractivity contribution in [2.24, 2.45) is 0 Å². The molecular formula is C15H19NOS. The molecule has 1 atom stereocenters. The van der Waals surface area contributed by atoms with Crippen LogP contribution >= 0.6 is 11.3 Å². The number of ether oxygens (including phenoxy) is 1. The van der Waals surface area contributed by atoms with Crippen LogP contribution in [0.5, 0.6) is 5.75 Å². The fourth-order valence-electron chi connectivity index (χ4n) is 1.88. The van der Waals surface area contributed by atoms with Gasteiger partial charge in [-0.2, -0.15) is 0 Å². The van der Waals surface area contributed by atoms with Crippen molar-refractivity contribution in [3.8, 4) is 5.75 Å². The zero-order chi connectivity index (χ0) is 12.8. The Morgan fingerprint density at radius 2 is 2.00 bits per heavy atom. The van der Waals surface area contributed by atoms with E-state index in [-0.39, 0.29) is 0 Å². The summed E-state index contributed by atoms with van der Waals surface area (Å²) < 4.78 is 5.64. The van der Waals surface area contributed by atoms with E-state index in [4.69, 9.17) is 4.74 Å². The molecule has 3 heteroatoms. The number of thiophene rings is 1. The molecule has 96 valence electrons. The SMILES string of the molecule is Cc1ccsc1C(C)NCCOc1ccccc1. The van der Waals surface area contributed by atoms with Crippen molar-refractivity contribution < 1.29 is 4.74 Å². The highest BCUT2D eigenvalue weighted by atomic mass is 32.1. The Balaban J connectivity index is 1.71. The summed E-state index contributed by atoms with van der Waals surface area (Å²) in [6.07, 6.45) is 0. The normalized spacial score (nSPS) is 12.3. The van der Waals surface area contributed by atoms with Crippen molar-refractivity contribution >= 4 is 11.3 Å². The first-order valence-corrected chi connectivity index (χ1v) is 7.10. The first-order chi connectivity index (χ1) is 8.77. The molecule has 0 aliphatic rings. The van der Waals surface area contributed by atoms with Crippen LogP contribution in [0.3, 0.4) is 0 Å². The molecule has 0 saturated carbocycles. The maximum Gasteiger partial charge on any atom is 0.119 e. The second-order valence-electron chi connectivity index (χ2n) is 4.31. The minimum absolute atomic E-state index is 0.393. The van der Waals surface area contributed by atoms with Crippen molar-refractivity contribution in [1.29, 1.82) is 0 Å². The highest BCUT2D eigenvalue weighted by molar-refractivity contribution is 7.10. The maximum atomic E-state index is 5.64. The highest BCUT2D eigenvalue weighted by Gasteiger charge is 2.08. The van der Waals surface area contributed by atoms with Gasteiger partial charge in [-0.05, 0) is 43.0 Å². The van der Waals surface area contributed by atoms with Gasteiger partial charge in [0.05, 0.1) is 0 Å². The fourth-order valence-corrected chi connectivity index (χ4v) is 2.84. The van der Waals surface area contributed by atoms with Gasteiger partial charge < -0.3 is 10.1 Å². The topological polar surface area (TPSA) is 21.3 Å². The molecule has 0 amide bonds. The third-order valence-electron chi connectivity index (χ3n) is 2.86. The number of hydrogen-bond acceptors (Lipinski definition) is 3. The molecule has 2 rings (SSSR count). The van der Waals surface area contributed by atoms with E-state index < -0.39 is 0 Å². The van der Waals surface area contributed by atoms with Crippen LogP contribution < -0.4 is 10.1 Å². The molecule has 1 aromatic carbocycles. The van der Waals surface area contributed by atoms with Gasteiger partial charge in [0.25, 0.3) is 0 Å². The summed E-state index contributed by atoms with van der Waals surface area (Å²) in [6, 6.07) is 12.5. The molecule has 0 spiro atoms. The Hall–Kier alpha value is -1.32. The third-order valence-corrected chi connectivity index (χ3v) is 4.06. The predicted octanol–water partition coefficient (Wildman–Crippen LogP) is 3.79. The molecule has 1 N–H and O–H groups in total. The summed E-state index contributed by atoms with van der Waals surface area (Å²) in [5.74, 6) is 0.930. The summed E-state index contributed by atoms with van der Waals surface area (Å²) in [6.45, 7) is 5.90. The quantitative estimate of drug-likeness (QED) is 0.799. The highest BCUT2D eigenvalue weighted by Crippen LogP contribution is 2.23. The molecule has 1 aromatic heterocycles. The van der Waals surface area contributed by atoms with E-state index in [0.29, 0.717) is 12.6 Å². The van der Waals surface area contributed by atoms with Crippen LogP contribution in [0.15, 0.2) is 41.8 Å². The number of hydrogen-bond donors (Lipinski definition) is 1. The Morgan fingerprint density at radius 3 is 2.67 bits per heavy atom. The van der Waals surface area contributed by atoms with Gasteiger partial charge in [-0.25, -0.2) is 0 Å². The smallest absolute Gasteiger partial charge is 0.119 e. The Bertz CT molecular complexity index is 466. The molecule has 0 fully saturated rings. The molecule has 0 bridgehead atoms. The molecule has 0 aliphatic carbocycles. The van der Waals surface area contributed by atoms with E-state index in [1.807, 2.05) is 41.7 Å². The van der Waals surface area contributed by atoms with Gasteiger partial charge in [0, 0.05) is 17.5 Å². The van der Waals surface area contributed by atoms with Crippen molar-refractivity contribution in [2.75, 3.05) is 13.2 Å². The van der Waals surface area contributed by atoms with E-state index in [2.05, 4.69) is 30.6 Å². The van der Waals surface area contributed by atoms with Crippen molar-refractivity contribution in [1.82, 2.24) is 5.32 Å². The van der Waals surface area contributed by atoms with E-state index in [0.717, 1.165) is 12.3 Å². The van der Waals surface area contributed by atoms with E-state index in [9.17, 15) is 0 Å². The largest absolute Gasteiger partial charge is 0.492 e.